The molecule has 0 aromatic rings. The van der Waals surface area contributed by atoms with Crippen molar-refractivity contribution < 1.29 is 24.5 Å². The van der Waals surface area contributed by atoms with Crippen LogP contribution in [0.5, 0.6) is 0 Å². The van der Waals surface area contributed by atoms with Crippen molar-refractivity contribution in [3.8, 4) is 0 Å². The molecule has 122 valence electrons. The summed E-state index contributed by atoms with van der Waals surface area (Å²) < 4.78 is 10.7. The third kappa shape index (κ3) is 5.39. The SMILES string of the molecule is C=C1CC(C[C@H](O)C(=O)N[C@H](CC)OCO)O[C@H](C)[C@@H]1C. The maximum Gasteiger partial charge on any atom is 0.250 e. The smallest absolute Gasteiger partial charge is 0.250 e. The second-order valence-electron chi connectivity index (χ2n) is 5.57. The Morgan fingerprint density at radius 2 is 2.24 bits per heavy atom. The van der Waals surface area contributed by atoms with Gasteiger partial charge in [0.15, 0.2) is 0 Å². The molecule has 6 nitrogen and oxygen atoms in total. The largest absolute Gasteiger partial charge is 0.383 e. The molecule has 1 aliphatic rings. The number of ether oxygens (including phenoxy) is 2. The van der Waals surface area contributed by atoms with Crippen LogP contribution in [-0.4, -0.2) is 47.5 Å². The van der Waals surface area contributed by atoms with Crippen molar-refractivity contribution in [1.82, 2.24) is 5.32 Å². The van der Waals surface area contributed by atoms with Crippen LogP contribution in [0.15, 0.2) is 12.2 Å². The molecule has 0 aromatic carbocycles. The summed E-state index contributed by atoms with van der Waals surface area (Å²) in [5.74, 6) is -0.231. The van der Waals surface area contributed by atoms with E-state index in [0.29, 0.717) is 12.8 Å². The monoisotopic (exact) mass is 301 g/mol. The lowest BCUT2D eigenvalue weighted by molar-refractivity contribution is -0.141. The summed E-state index contributed by atoms with van der Waals surface area (Å²) in [4.78, 5) is 11.9. The van der Waals surface area contributed by atoms with Crippen LogP contribution in [-0.2, 0) is 14.3 Å². The highest BCUT2D eigenvalue weighted by Gasteiger charge is 2.31. The van der Waals surface area contributed by atoms with E-state index in [1.165, 1.54) is 0 Å². The molecule has 0 saturated carbocycles. The van der Waals surface area contributed by atoms with Crippen LogP contribution in [0.4, 0.5) is 0 Å². The lowest BCUT2D eigenvalue weighted by Gasteiger charge is -2.35. The highest BCUT2D eigenvalue weighted by Crippen LogP contribution is 2.30. The van der Waals surface area contributed by atoms with Gasteiger partial charge in [0.1, 0.15) is 19.1 Å². The molecule has 1 saturated heterocycles. The predicted octanol–water partition coefficient (Wildman–Crippen LogP) is 0.926. The Labute approximate surface area is 126 Å². The van der Waals surface area contributed by atoms with E-state index in [1.54, 1.807) is 0 Å². The van der Waals surface area contributed by atoms with Gasteiger partial charge in [-0.1, -0.05) is 26.0 Å². The fourth-order valence-electron chi connectivity index (χ4n) is 2.38. The minimum atomic E-state index is -1.17. The normalized spacial score (nSPS) is 29.0. The molecular weight excluding hydrogens is 274 g/mol. The number of amides is 1. The lowest BCUT2D eigenvalue weighted by Crippen LogP contribution is -2.45. The first kappa shape index (κ1) is 18.1. The zero-order chi connectivity index (χ0) is 16.0. The van der Waals surface area contributed by atoms with Gasteiger partial charge in [-0.3, -0.25) is 4.79 Å². The number of carbonyl (C=O) groups is 1. The summed E-state index contributed by atoms with van der Waals surface area (Å²) in [6.45, 7) is 9.39. The van der Waals surface area contributed by atoms with E-state index in [-0.39, 0.29) is 24.5 Å². The topological polar surface area (TPSA) is 88.0 Å². The molecule has 1 fully saturated rings. The van der Waals surface area contributed by atoms with Gasteiger partial charge < -0.3 is 25.0 Å². The zero-order valence-corrected chi connectivity index (χ0v) is 13.0. The number of carbonyl (C=O) groups excluding carboxylic acids is 1. The van der Waals surface area contributed by atoms with Gasteiger partial charge in [0, 0.05) is 12.3 Å². The van der Waals surface area contributed by atoms with E-state index in [4.69, 9.17) is 14.6 Å². The summed E-state index contributed by atoms with van der Waals surface area (Å²) in [5, 5.41) is 21.2. The fraction of sp³-hybridized carbons (Fsp3) is 0.800. The van der Waals surface area contributed by atoms with Gasteiger partial charge in [0.25, 0.3) is 5.91 Å². The second-order valence-corrected chi connectivity index (χ2v) is 5.57. The minimum Gasteiger partial charge on any atom is -0.383 e. The summed E-state index contributed by atoms with van der Waals surface area (Å²) in [5.41, 5.74) is 1.08. The van der Waals surface area contributed by atoms with Gasteiger partial charge in [0.2, 0.25) is 0 Å². The maximum atomic E-state index is 11.9. The summed E-state index contributed by atoms with van der Waals surface area (Å²) in [6.07, 6.45) is -0.559. The lowest BCUT2D eigenvalue weighted by atomic mass is 9.88. The predicted molar refractivity (Wildman–Crippen MR) is 78.3 cm³/mol. The quantitative estimate of drug-likeness (QED) is 0.481. The summed E-state index contributed by atoms with van der Waals surface area (Å²) >= 11 is 0. The third-order valence-corrected chi connectivity index (χ3v) is 3.98. The van der Waals surface area contributed by atoms with Gasteiger partial charge in [-0.25, -0.2) is 0 Å². The van der Waals surface area contributed by atoms with Gasteiger partial charge in [0.05, 0.1) is 12.2 Å². The van der Waals surface area contributed by atoms with E-state index in [2.05, 4.69) is 18.8 Å². The first-order valence-electron chi connectivity index (χ1n) is 7.43. The standard InChI is InChI=1S/C15H27NO5/c1-5-14(20-8-17)16-15(19)13(18)7-12-6-9(2)10(3)11(4)21-12/h10-14,17-18H,2,5-8H2,1,3-4H3,(H,16,19)/t10-,11-,12?,13+,14+/m1/s1. The van der Waals surface area contributed by atoms with E-state index >= 15 is 0 Å². The van der Waals surface area contributed by atoms with E-state index in [9.17, 15) is 9.90 Å². The molecular formula is C15H27NO5. The summed E-state index contributed by atoms with van der Waals surface area (Å²) in [6, 6.07) is 0. The molecule has 0 aromatic heterocycles. The molecule has 6 heteroatoms. The third-order valence-electron chi connectivity index (χ3n) is 3.98. The van der Waals surface area contributed by atoms with Crippen molar-refractivity contribution in [3.63, 3.8) is 0 Å². The van der Waals surface area contributed by atoms with Crippen LogP contribution >= 0.6 is 0 Å². The Balaban J connectivity index is 2.47. The van der Waals surface area contributed by atoms with Crippen molar-refractivity contribution >= 4 is 5.91 Å². The molecule has 1 aliphatic heterocycles. The molecule has 0 radical (unpaired) electrons. The first-order chi connectivity index (χ1) is 9.88. The number of aliphatic hydroxyl groups excluding tert-OH is 2. The van der Waals surface area contributed by atoms with Crippen LogP contribution in [0.1, 0.15) is 40.0 Å². The van der Waals surface area contributed by atoms with Crippen LogP contribution in [0.25, 0.3) is 0 Å². The molecule has 0 aliphatic carbocycles. The number of aliphatic hydroxyl groups is 2. The van der Waals surface area contributed by atoms with E-state index in [0.717, 1.165) is 5.57 Å². The fourth-order valence-corrected chi connectivity index (χ4v) is 2.38. The van der Waals surface area contributed by atoms with Crippen molar-refractivity contribution in [3.05, 3.63) is 12.2 Å². The van der Waals surface area contributed by atoms with Crippen LogP contribution in [0.3, 0.4) is 0 Å². The summed E-state index contributed by atoms with van der Waals surface area (Å²) in [7, 11) is 0. The Morgan fingerprint density at radius 1 is 1.57 bits per heavy atom. The highest BCUT2D eigenvalue weighted by molar-refractivity contribution is 5.80. The van der Waals surface area contributed by atoms with Crippen molar-refractivity contribution in [2.24, 2.45) is 5.92 Å². The maximum absolute atomic E-state index is 11.9. The molecule has 1 amide bonds. The number of rotatable bonds is 7. The van der Waals surface area contributed by atoms with Crippen molar-refractivity contribution in [1.29, 1.82) is 0 Å². The molecule has 3 N–H and O–H groups in total. The van der Waals surface area contributed by atoms with Crippen LogP contribution < -0.4 is 5.32 Å². The van der Waals surface area contributed by atoms with Crippen LogP contribution in [0, 0.1) is 5.92 Å². The Bertz CT molecular complexity index is 360. The Kier molecular flexibility index (Phi) is 7.31. The number of nitrogens with one attached hydrogen (secondary N) is 1. The Morgan fingerprint density at radius 3 is 2.76 bits per heavy atom. The Hall–Kier alpha value is -0.950. The van der Waals surface area contributed by atoms with Gasteiger partial charge in [-0.2, -0.15) is 0 Å². The molecule has 1 heterocycles. The zero-order valence-electron chi connectivity index (χ0n) is 13.0. The van der Waals surface area contributed by atoms with Gasteiger partial charge in [-0.05, 0) is 19.8 Å². The highest BCUT2D eigenvalue weighted by atomic mass is 16.6. The average Bonchev–Trinajstić information content (AvgIpc) is 2.43. The molecule has 5 atom stereocenters. The molecule has 1 rings (SSSR count). The van der Waals surface area contributed by atoms with Crippen molar-refractivity contribution in [2.45, 2.75) is 64.6 Å². The molecule has 21 heavy (non-hydrogen) atoms. The molecule has 0 bridgehead atoms. The van der Waals surface area contributed by atoms with E-state index in [1.807, 2.05) is 13.8 Å². The molecule has 1 unspecified atom stereocenters. The van der Waals surface area contributed by atoms with E-state index < -0.39 is 25.0 Å². The van der Waals surface area contributed by atoms with Crippen LogP contribution in [0.2, 0.25) is 0 Å². The van der Waals surface area contributed by atoms with Gasteiger partial charge >= 0.3 is 0 Å². The second kappa shape index (κ2) is 8.48. The molecule has 0 spiro atoms. The number of hydrogen-bond donors (Lipinski definition) is 3. The van der Waals surface area contributed by atoms with Crippen molar-refractivity contribution in [2.75, 3.05) is 6.79 Å². The van der Waals surface area contributed by atoms with Gasteiger partial charge in [-0.15, -0.1) is 0 Å². The number of hydrogen-bond acceptors (Lipinski definition) is 5. The average molecular weight is 301 g/mol. The first-order valence-corrected chi connectivity index (χ1v) is 7.43. The minimum absolute atomic E-state index is 0.0348.